The number of likely N-dealkylation sites (tertiary alicyclic amines) is 1. The minimum absolute atomic E-state index is 0.0399. The zero-order chi connectivity index (χ0) is 35.7. The maximum atomic E-state index is 14.4. The van der Waals surface area contributed by atoms with Crippen molar-refractivity contribution >= 4 is 27.7 Å². The number of hydrogen-bond donors (Lipinski definition) is 0. The summed E-state index contributed by atoms with van der Waals surface area (Å²) in [5, 5.41) is 0. The van der Waals surface area contributed by atoms with E-state index in [-0.39, 0.29) is 29.6 Å². The summed E-state index contributed by atoms with van der Waals surface area (Å²) in [6.45, 7) is 3.36. The molecule has 3 aromatic heterocycles. The van der Waals surface area contributed by atoms with Crippen LogP contribution in [0.25, 0.3) is 11.3 Å². The molecule has 3 aliphatic carbocycles. The van der Waals surface area contributed by atoms with Crippen molar-refractivity contribution in [2.75, 3.05) is 43.7 Å². The maximum Gasteiger partial charge on any atom is 0.410 e. The number of carbonyl (C=O) groups is 2. The molecule has 7 rings (SSSR count). The van der Waals surface area contributed by atoms with Gasteiger partial charge in [-0.15, -0.1) is 0 Å². The van der Waals surface area contributed by atoms with Crippen LogP contribution in [0.1, 0.15) is 93.3 Å². The van der Waals surface area contributed by atoms with Gasteiger partial charge >= 0.3 is 6.09 Å². The van der Waals surface area contributed by atoms with Crippen LogP contribution in [-0.2, 0) is 19.4 Å². The minimum Gasteiger partial charge on any atom is -0.495 e. The lowest BCUT2D eigenvalue weighted by molar-refractivity contribution is -0.124. The summed E-state index contributed by atoms with van der Waals surface area (Å²) in [5.74, 6) is 3.20. The smallest absolute Gasteiger partial charge is 0.410 e. The molecule has 4 fully saturated rings. The van der Waals surface area contributed by atoms with Crippen LogP contribution in [0.3, 0.4) is 0 Å². The standard InChI is InChI=1S/C38H49N5O7S/c1-24-34(48-2)15-14-32(40-24)27-6-4-25(5-7-27)21-43(35-18-30(16-17-39-35)33-22-49-36(41-33)28-8-9-28)37(44)29-10-12-31(13-11-29)50-38(45)42-19-26(20-42)23-51(3,46)47/h14-18,22,25-29,31H,4-13,19-21,23H2,1-3H3. The fourth-order valence-electron chi connectivity index (χ4n) is 7.99. The number of rotatable bonds is 11. The van der Waals surface area contributed by atoms with Gasteiger partial charge in [0, 0.05) is 67.0 Å². The third-order valence-corrected chi connectivity index (χ3v) is 12.1. The predicted octanol–water partition coefficient (Wildman–Crippen LogP) is 6.30. The van der Waals surface area contributed by atoms with Gasteiger partial charge in [-0.2, -0.15) is 0 Å². The van der Waals surface area contributed by atoms with Crippen LogP contribution in [0, 0.1) is 24.7 Å². The monoisotopic (exact) mass is 719 g/mol. The molecule has 0 aromatic carbocycles. The number of ether oxygens (including phenoxy) is 2. The van der Waals surface area contributed by atoms with Crippen molar-refractivity contribution in [3.05, 3.63) is 54.0 Å². The van der Waals surface area contributed by atoms with Gasteiger partial charge in [0.1, 0.15) is 39.5 Å². The molecule has 4 aliphatic rings. The Hall–Kier alpha value is -4.00. The molecule has 2 amide bonds. The summed E-state index contributed by atoms with van der Waals surface area (Å²) >= 11 is 0. The number of carbonyl (C=O) groups excluding carboxylic acids is 2. The highest BCUT2D eigenvalue weighted by atomic mass is 32.2. The van der Waals surface area contributed by atoms with Gasteiger partial charge in [-0.25, -0.2) is 23.2 Å². The average Bonchev–Trinajstić information content (AvgIpc) is 3.84. The molecule has 274 valence electrons. The highest BCUT2D eigenvalue weighted by Crippen LogP contribution is 2.41. The van der Waals surface area contributed by atoms with Crippen LogP contribution >= 0.6 is 0 Å². The largest absolute Gasteiger partial charge is 0.495 e. The Morgan fingerprint density at radius 2 is 1.67 bits per heavy atom. The number of anilines is 1. The zero-order valence-corrected chi connectivity index (χ0v) is 30.6. The summed E-state index contributed by atoms with van der Waals surface area (Å²) in [6, 6.07) is 7.95. The van der Waals surface area contributed by atoms with Gasteiger partial charge in [0.2, 0.25) is 5.91 Å². The van der Waals surface area contributed by atoms with E-state index >= 15 is 0 Å². The van der Waals surface area contributed by atoms with E-state index in [4.69, 9.17) is 28.8 Å². The molecule has 0 N–H and O–H groups in total. The molecule has 0 spiro atoms. The third-order valence-electron chi connectivity index (χ3n) is 11.1. The third kappa shape index (κ3) is 8.56. The Bertz CT molecular complexity index is 1820. The van der Waals surface area contributed by atoms with Crippen LogP contribution in [0.4, 0.5) is 10.6 Å². The molecular weight excluding hydrogens is 671 g/mol. The number of aromatic nitrogens is 3. The van der Waals surface area contributed by atoms with E-state index in [1.54, 1.807) is 24.5 Å². The highest BCUT2D eigenvalue weighted by Gasteiger charge is 2.38. The lowest BCUT2D eigenvalue weighted by Crippen LogP contribution is -2.53. The lowest BCUT2D eigenvalue weighted by atomic mass is 9.79. The zero-order valence-electron chi connectivity index (χ0n) is 29.8. The number of hydrogen-bond acceptors (Lipinski definition) is 10. The summed E-state index contributed by atoms with van der Waals surface area (Å²) in [6.07, 6.45) is 12.6. The second kappa shape index (κ2) is 14.9. The van der Waals surface area contributed by atoms with Crippen molar-refractivity contribution < 1.29 is 31.9 Å². The molecule has 0 bridgehead atoms. The van der Waals surface area contributed by atoms with E-state index < -0.39 is 15.9 Å². The van der Waals surface area contributed by atoms with Crippen molar-refractivity contribution in [1.82, 2.24) is 19.9 Å². The van der Waals surface area contributed by atoms with Crippen molar-refractivity contribution in [3.8, 4) is 17.0 Å². The first-order valence-corrected chi connectivity index (χ1v) is 20.5. The number of methoxy groups -OCH3 is 1. The Morgan fingerprint density at radius 3 is 2.33 bits per heavy atom. The van der Waals surface area contributed by atoms with E-state index in [0.29, 0.717) is 68.9 Å². The molecule has 4 heterocycles. The fourth-order valence-corrected chi connectivity index (χ4v) is 9.05. The van der Waals surface area contributed by atoms with Crippen LogP contribution in [0.15, 0.2) is 41.1 Å². The Labute approximate surface area is 300 Å². The summed E-state index contributed by atoms with van der Waals surface area (Å²) in [4.78, 5) is 44.9. The molecule has 1 saturated heterocycles. The SMILES string of the molecule is COc1ccc(C2CCC(CN(C(=O)C3CCC(OC(=O)N4CC(CS(C)(=O)=O)C4)CC3)c3cc(-c4coc(C5CC5)n4)ccn3)CC2)nc1C. The van der Waals surface area contributed by atoms with E-state index in [2.05, 4.69) is 6.07 Å². The Kier molecular flexibility index (Phi) is 10.4. The van der Waals surface area contributed by atoms with Gasteiger partial charge in [-0.1, -0.05) is 0 Å². The number of oxazole rings is 1. The topological polar surface area (TPSA) is 145 Å². The molecule has 0 unspecified atom stereocenters. The number of sulfone groups is 1. The Balaban J connectivity index is 1.00. The van der Waals surface area contributed by atoms with E-state index in [9.17, 15) is 18.0 Å². The fraction of sp³-hybridized carbons (Fsp3) is 0.605. The van der Waals surface area contributed by atoms with Crippen LogP contribution in [-0.4, -0.2) is 85.1 Å². The van der Waals surface area contributed by atoms with Gasteiger partial charge in [-0.05, 0) is 101 Å². The normalized spacial score (nSPS) is 24.1. The van der Waals surface area contributed by atoms with E-state index in [1.165, 1.54) is 6.26 Å². The van der Waals surface area contributed by atoms with Crippen molar-refractivity contribution in [2.45, 2.75) is 89.1 Å². The number of pyridine rings is 2. The average molecular weight is 720 g/mol. The van der Waals surface area contributed by atoms with Gasteiger partial charge in [-0.3, -0.25) is 14.7 Å². The second-order valence-electron chi connectivity index (χ2n) is 15.2. The highest BCUT2D eigenvalue weighted by molar-refractivity contribution is 7.90. The second-order valence-corrected chi connectivity index (χ2v) is 17.3. The summed E-state index contributed by atoms with van der Waals surface area (Å²) < 4.78 is 40.2. The van der Waals surface area contributed by atoms with Gasteiger partial charge in [0.15, 0.2) is 5.89 Å². The van der Waals surface area contributed by atoms with Gasteiger partial charge < -0.3 is 18.8 Å². The van der Waals surface area contributed by atoms with Crippen LogP contribution < -0.4 is 9.64 Å². The number of amides is 2. The lowest BCUT2D eigenvalue weighted by Gasteiger charge is -2.39. The Morgan fingerprint density at radius 1 is 0.941 bits per heavy atom. The first-order valence-electron chi connectivity index (χ1n) is 18.4. The molecule has 0 radical (unpaired) electrons. The molecule has 0 atom stereocenters. The summed E-state index contributed by atoms with van der Waals surface area (Å²) in [5.41, 5.74) is 3.63. The first kappa shape index (κ1) is 35.4. The predicted molar refractivity (Wildman–Crippen MR) is 191 cm³/mol. The molecule has 3 aromatic rings. The quantitative estimate of drug-likeness (QED) is 0.221. The minimum atomic E-state index is -3.08. The molecule has 51 heavy (non-hydrogen) atoms. The van der Waals surface area contributed by atoms with Crippen molar-refractivity contribution in [3.63, 3.8) is 0 Å². The number of aryl methyl sites for hydroxylation is 1. The molecule has 1 aliphatic heterocycles. The molecule has 12 nitrogen and oxygen atoms in total. The summed E-state index contributed by atoms with van der Waals surface area (Å²) in [7, 11) is -1.41. The van der Waals surface area contributed by atoms with Gasteiger partial charge in [0.05, 0.1) is 18.6 Å². The van der Waals surface area contributed by atoms with E-state index in [0.717, 1.165) is 72.8 Å². The molecular formula is C38H49N5O7S. The van der Waals surface area contributed by atoms with Crippen LogP contribution in [0.2, 0.25) is 0 Å². The van der Waals surface area contributed by atoms with E-state index in [1.807, 2.05) is 30.0 Å². The van der Waals surface area contributed by atoms with Crippen molar-refractivity contribution in [1.29, 1.82) is 0 Å². The van der Waals surface area contributed by atoms with Crippen molar-refractivity contribution in [2.24, 2.45) is 17.8 Å². The van der Waals surface area contributed by atoms with Gasteiger partial charge in [0.25, 0.3) is 0 Å². The first-order chi connectivity index (χ1) is 24.5. The number of nitrogens with zero attached hydrogens (tertiary/aromatic N) is 5. The van der Waals surface area contributed by atoms with Crippen LogP contribution in [0.5, 0.6) is 5.75 Å². The maximum absolute atomic E-state index is 14.4. The molecule has 13 heteroatoms. The molecule has 3 saturated carbocycles.